The first kappa shape index (κ1) is 15.2. The number of hydrogen-bond acceptors (Lipinski definition) is 5. The van der Waals surface area contributed by atoms with E-state index in [0.29, 0.717) is 0 Å². The highest BCUT2D eigenvalue weighted by Crippen LogP contribution is 2.30. The molecule has 9 heteroatoms. The van der Waals surface area contributed by atoms with Gasteiger partial charge in [0.15, 0.2) is 9.84 Å². The van der Waals surface area contributed by atoms with Gasteiger partial charge in [0.05, 0.1) is 4.90 Å². The summed E-state index contributed by atoms with van der Waals surface area (Å²) in [7, 11) is -3.50. The first-order valence-corrected chi connectivity index (χ1v) is 7.47. The van der Waals surface area contributed by atoms with Crippen LogP contribution in [-0.4, -0.2) is 24.6 Å². The van der Waals surface area contributed by atoms with Crippen LogP contribution in [0.3, 0.4) is 0 Å². The van der Waals surface area contributed by atoms with Crippen molar-refractivity contribution >= 4 is 15.7 Å². The molecule has 0 aliphatic heterocycles. The Morgan fingerprint density at radius 1 is 1.14 bits per heavy atom. The first-order valence-electron chi connectivity index (χ1n) is 5.58. The molecule has 2 aromatic heterocycles. The summed E-state index contributed by atoms with van der Waals surface area (Å²) < 4.78 is 60.3. The second-order valence-corrected chi connectivity index (χ2v) is 6.32. The monoisotopic (exact) mass is 317 g/mol. The van der Waals surface area contributed by atoms with E-state index in [0.717, 1.165) is 30.8 Å². The lowest BCUT2D eigenvalue weighted by molar-refractivity contribution is -0.141. The van der Waals surface area contributed by atoms with Crippen LogP contribution < -0.4 is 5.73 Å². The number of nitrogens with two attached hydrogens (primary N) is 1. The molecule has 0 unspecified atom stereocenters. The molecule has 2 heterocycles. The van der Waals surface area contributed by atoms with Gasteiger partial charge in [-0.2, -0.15) is 13.2 Å². The third-order valence-electron chi connectivity index (χ3n) is 2.69. The van der Waals surface area contributed by atoms with Crippen molar-refractivity contribution < 1.29 is 21.6 Å². The van der Waals surface area contributed by atoms with Gasteiger partial charge in [-0.05, 0) is 12.1 Å². The number of rotatable bonds is 2. The Hall–Kier alpha value is -2.16. The van der Waals surface area contributed by atoms with Gasteiger partial charge in [0.1, 0.15) is 11.5 Å². The van der Waals surface area contributed by atoms with Crippen molar-refractivity contribution in [3.05, 3.63) is 36.3 Å². The highest BCUT2D eigenvalue weighted by Gasteiger charge is 2.32. The van der Waals surface area contributed by atoms with Crippen molar-refractivity contribution in [3.8, 4) is 11.1 Å². The molecule has 0 bridgehead atoms. The maximum atomic E-state index is 12.4. The molecule has 0 saturated carbocycles. The molecule has 2 aromatic rings. The summed E-state index contributed by atoms with van der Waals surface area (Å²) in [4.78, 5) is 6.97. The molecule has 0 aliphatic carbocycles. The van der Waals surface area contributed by atoms with Crippen molar-refractivity contribution in [1.29, 1.82) is 0 Å². The van der Waals surface area contributed by atoms with E-state index in [1.807, 2.05) is 0 Å². The number of halogens is 3. The van der Waals surface area contributed by atoms with Gasteiger partial charge in [0.25, 0.3) is 0 Å². The molecule has 0 saturated heterocycles. The standard InChI is InChI=1S/C12H10F3N3O2S/c1-21(19,20)8-4-9(11(16)18-6-8)7-2-3-10(17-5-7)12(13,14)15/h2-6H,1H3,(H2,16,18). The van der Waals surface area contributed by atoms with Gasteiger partial charge in [0.2, 0.25) is 0 Å². The van der Waals surface area contributed by atoms with E-state index in [4.69, 9.17) is 5.73 Å². The van der Waals surface area contributed by atoms with E-state index >= 15 is 0 Å². The van der Waals surface area contributed by atoms with Crippen LogP contribution in [-0.2, 0) is 16.0 Å². The van der Waals surface area contributed by atoms with Crippen molar-refractivity contribution in [2.75, 3.05) is 12.0 Å². The molecule has 2 N–H and O–H groups in total. The average Bonchev–Trinajstić information content (AvgIpc) is 2.37. The normalized spacial score (nSPS) is 12.4. The zero-order chi connectivity index (χ0) is 15.8. The molecule has 0 spiro atoms. The van der Waals surface area contributed by atoms with Gasteiger partial charge < -0.3 is 5.73 Å². The Balaban J connectivity index is 2.52. The quantitative estimate of drug-likeness (QED) is 0.917. The summed E-state index contributed by atoms with van der Waals surface area (Å²) in [6.07, 6.45) is -1.49. The molecule has 112 valence electrons. The molecular formula is C12H10F3N3O2S. The largest absolute Gasteiger partial charge is 0.433 e. The van der Waals surface area contributed by atoms with Gasteiger partial charge >= 0.3 is 6.18 Å². The number of anilines is 1. The molecule has 0 fully saturated rings. The molecule has 0 aromatic carbocycles. The van der Waals surface area contributed by atoms with E-state index in [-0.39, 0.29) is 21.8 Å². The number of nitrogens with zero attached hydrogens (tertiary/aromatic N) is 2. The van der Waals surface area contributed by atoms with Crippen molar-refractivity contribution in [2.45, 2.75) is 11.1 Å². The molecule has 0 radical (unpaired) electrons. The Labute approximate surface area is 118 Å². The summed E-state index contributed by atoms with van der Waals surface area (Å²) in [5.41, 5.74) is 5.04. The summed E-state index contributed by atoms with van der Waals surface area (Å²) in [5, 5.41) is 0. The molecule has 0 atom stereocenters. The van der Waals surface area contributed by atoms with Gasteiger partial charge in [0, 0.05) is 29.8 Å². The number of nitrogen functional groups attached to an aromatic ring is 1. The fourth-order valence-electron chi connectivity index (χ4n) is 1.61. The maximum Gasteiger partial charge on any atom is 0.433 e. The lowest BCUT2D eigenvalue weighted by Crippen LogP contribution is -2.07. The van der Waals surface area contributed by atoms with Crippen molar-refractivity contribution in [2.24, 2.45) is 0 Å². The van der Waals surface area contributed by atoms with E-state index in [2.05, 4.69) is 9.97 Å². The van der Waals surface area contributed by atoms with Crippen LogP contribution in [0.4, 0.5) is 19.0 Å². The van der Waals surface area contributed by atoms with Gasteiger partial charge in [-0.25, -0.2) is 13.4 Å². The summed E-state index contributed by atoms with van der Waals surface area (Å²) >= 11 is 0. The van der Waals surface area contributed by atoms with E-state index < -0.39 is 21.7 Å². The third-order valence-corrected chi connectivity index (χ3v) is 3.77. The highest BCUT2D eigenvalue weighted by molar-refractivity contribution is 7.90. The van der Waals surface area contributed by atoms with Gasteiger partial charge in [-0.1, -0.05) is 6.07 Å². The lowest BCUT2D eigenvalue weighted by Gasteiger charge is -2.09. The van der Waals surface area contributed by atoms with Crippen molar-refractivity contribution in [3.63, 3.8) is 0 Å². The van der Waals surface area contributed by atoms with Gasteiger partial charge in [-0.15, -0.1) is 0 Å². The van der Waals surface area contributed by atoms with Crippen LogP contribution in [0.5, 0.6) is 0 Å². The number of hydrogen-bond donors (Lipinski definition) is 1. The van der Waals surface area contributed by atoms with Gasteiger partial charge in [-0.3, -0.25) is 4.98 Å². The highest BCUT2D eigenvalue weighted by atomic mass is 32.2. The predicted octanol–water partition coefficient (Wildman–Crippen LogP) is 2.15. The number of aromatic nitrogens is 2. The molecular weight excluding hydrogens is 307 g/mol. The Morgan fingerprint density at radius 3 is 2.29 bits per heavy atom. The molecule has 0 aliphatic rings. The minimum atomic E-state index is -4.54. The summed E-state index contributed by atoms with van der Waals surface area (Å²) in [6.45, 7) is 0. The summed E-state index contributed by atoms with van der Waals surface area (Å²) in [5.74, 6) is 0.00367. The minimum absolute atomic E-state index is 0.00367. The smallest absolute Gasteiger partial charge is 0.383 e. The first-order chi connectivity index (χ1) is 9.59. The maximum absolute atomic E-state index is 12.4. The zero-order valence-electron chi connectivity index (χ0n) is 10.7. The van der Waals surface area contributed by atoms with E-state index in [9.17, 15) is 21.6 Å². The third kappa shape index (κ3) is 3.30. The number of alkyl halides is 3. The van der Waals surface area contributed by atoms with Crippen LogP contribution in [0.2, 0.25) is 0 Å². The number of sulfone groups is 1. The van der Waals surface area contributed by atoms with Crippen molar-refractivity contribution in [1.82, 2.24) is 9.97 Å². The lowest BCUT2D eigenvalue weighted by atomic mass is 10.1. The fourth-order valence-corrected chi connectivity index (χ4v) is 2.19. The SMILES string of the molecule is CS(=O)(=O)c1cnc(N)c(-c2ccc(C(F)(F)F)nc2)c1. The predicted molar refractivity (Wildman–Crippen MR) is 70.0 cm³/mol. The number of pyridine rings is 2. The Kier molecular flexibility index (Phi) is 3.62. The second kappa shape index (κ2) is 4.99. The molecule has 21 heavy (non-hydrogen) atoms. The summed E-state index contributed by atoms with van der Waals surface area (Å²) in [6, 6.07) is 3.21. The fraction of sp³-hybridized carbons (Fsp3) is 0.167. The Bertz CT molecular complexity index is 771. The topological polar surface area (TPSA) is 85.9 Å². The second-order valence-electron chi connectivity index (χ2n) is 4.31. The molecule has 5 nitrogen and oxygen atoms in total. The van der Waals surface area contributed by atoms with Crippen LogP contribution in [0, 0.1) is 0 Å². The van der Waals surface area contributed by atoms with Crippen LogP contribution in [0.1, 0.15) is 5.69 Å². The van der Waals surface area contributed by atoms with E-state index in [1.165, 1.54) is 6.07 Å². The zero-order valence-corrected chi connectivity index (χ0v) is 11.5. The average molecular weight is 317 g/mol. The molecule has 2 rings (SSSR count). The minimum Gasteiger partial charge on any atom is -0.383 e. The van der Waals surface area contributed by atoms with E-state index in [1.54, 1.807) is 0 Å². The Morgan fingerprint density at radius 2 is 1.81 bits per heavy atom. The van der Waals surface area contributed by atoms with Crippen LogP contribution in [0.15, 0.2) is 35.5 Å². The molecule has 0 amide bonds. The van der Waals surface area contributed by atoms with Crippen LogP contribution >= 0.6 is 0 Å². The van der Waals surface area contributed by atoms with Crippen LogP contribution in [0.25, 0.3) is 11.1 Å².